The highest BCUT2D eigenvalue weighted by Crippen LogP contribution is 2.41. The molecule has 2 aromatic carbocycles. The van der Waals surface area contributed by atoms with E-state index in [4.69, 9.17) is 21.5 Å². The van der Waals surface area contributed by atoms with Crippen LogP contribution in [0.25, 0.3) is 11.1 Å². The number of fused-ring (bicyclic) bond motifs is 3. The molecule has 1 heterocycles. The average molecular weight is 429 g/mol. The van der Waals surface area contributed by atoms with Gasteiger partial charge in [-0.3, -0.25) is 4.79 Å². The maximum absolute atomic E-state index is 12.6. The van der Waals surface area contributed by atoms with Crippen LogP contribution in [0.4, 0.5) is 5.69 Å². The summed E-state index contributed by atoms with van der Waals surface area (Å²) < 4.78 is 0. The summed E-state index contributed by atoms with van der Waals surface area (Å²) in [5, 5.41) is 25.6. The van der Waals surface area contributed by atoms with Gasteiger partial charge in [0.05, 0.1) is 5.69 Å². The van der Waals surface area contributed by atoms with E-state index in [9.17, 15) is 14.7 Å². The van der Waals surface area contributed by atoms with E-state index < -0.39 is 18.0 Å². The Morgan fingerprint density at radius 1 is 1.17 bits per heavy atom. The van der Waals surface area contributed by atoms with Crippen LogP contribution in [0.5, 0.6) is 0 Å². The number of nitrogens with one attached hydrogen (secondary N) is 1. The predicted octanol–water partition coefficient (Wildman–Crippen LogP) is 3.39. The topological polar surface area (TPSA) is 108 Å². The number of carbonyl (C=O) groups is 2. The number of carbonyl (C=O) groups excluding carboxylic acids is 1. The van der Waals surface area contributed by atoms with Crippen LogP contribution in [0.3, 0.4) is 0 Å². The predicted molar refractivity (Wildman–Crippen MR) is 113 cm³/mol. The van der Waals surface area contributed by atoms with Gasteiger partial charge in [0.2, 0.25) is 6.10 Å². The Bertz CT molecular complexity index is 1030. The summed E-state index contributed by atoms with van der Waals surface area (Å²) in [6.07, 6.45) is 2.41. The highest BCUT2D eigenvalue weighted by Gasteiger charge is 2.33. The summed E-state index contributed by atoms with van der Waals surface area (Å²) >= 11 is 6.04. The zero-order valence-corrected chi connectivity index (χ0v) is 16.9. The van der Waals surface area contributed by atoms with Gasteiger partial charge in [0, 0.05) is 23.6 Å². The van der Waals surface area contributed by atoms with E-state index in [-0.39, 0.29) is 18.7 Å². The first kappa shape index (κ1) is 20.4. The van der Waals surface area contributed by atoms with Gasteiger partial charge in [-0.15, -0.1) is 0 Å². The fourth-order valence-electron chi connectivity index (χ4n) is 4.00. The molecule has 1 aliphatic carbocycles. The van der Waals surface area contributed by atoms with E-state index in [0.29, 0.717) is 10.6 Å². The molecule has 1 aliphatic heterocycles. The molecule has 1 atom stereocenters. The number of carboxylic acid groups (broad SMARTS) is 1. The second-order valence-corrected chi connectivity index (χ2v) is 7.79. The zero-order chi connectivity index (χ0) is 21.3. The summed E-state index contributed by atoms with van der Waals surface area (Å²) in [5.41, 5.74) is 5.65. The number of aliphatic carboxylic acids is 1. The van der Waals surface area contributed by atoms with Crippen molar-refractivity contribution in [3.63, 3.8) is 0 Å². The number of rotatable bonds is 6. The number of aliphatic hydroxyl groups excluding tert-OH is 1. The van der Waals surface area contributed by atoms with Crippen LogP contribution in [-0.2, 0) is 27.3 Å². The van der Waals surface area contributed by atoms with E-state index in [1.807, 2.05) is 30.3 Å². The number of halogens is 1. The number of aliphatic hydroxyl groups is 1. The minimum atomic E-state index is -1.33. The van der Waals surface area contributed by atoms with Crippen molar-refractivity contribution in [1.82, 2.24) is 0 Å². The first-order valence-electron chi connectivity index (χ1n) is 9.83. The van der Waals surface area contributed by atoms with Crippen molar-refractivity contribution in [1.29, 1.82) is 0 Å². The Morgan fingerprint density at radius 3 is 2.53 bits per heavy atom. The second-order valence-electron chi connectivity index (χ2n) is 7.36. The monoisotopic (exact) mass is 428 g/mol. The van der Waals surface area contributed by atoms with Gasteiger partial charge in [-0.2, -0.15) is 0 Å². The molecule has 8 heteroatoms. The minimum absolute atomic E-state index is 0.0396. The number of hydrogen-bond donors (Lipinski definition) is 3. The molecule has 0 saturated carbocycles. The molecule has 2 aliphatic rings. The van der Waals surface area contributed by atoms with E-state index in [0.717, 1.165) is 48.1 Å². The Morgan fingerprint density at radius 2 is 1.87 bits per heavy atom. The van der Waals surface area contributed by atoms with Gasteiger partial charge in [-0.1, -0.05) is 28.9 Å². The first-order chi connectivity index (χ1) is 14.5. The lowest BCUT2D eigenvalue weighted by atomic mass is 9.83. The highest BCUT2D eigenvalue weighted by molar-refractivity contribution is 6.54. The van der Waals surface area contributed by atoms with E-state index >= 15 is 0 Å². The smallest absolute Gasteiger partial charge is 0.347 e. The van der Waals surface area contributed by atoms with Crippen LogP contribution in [-0.4, -0.2) is 40.5 Å². The third-order valence-electron chi connectivity index (χ3n) is 5.45. The van der Waals surface area contributed by atoms with E-state index in [1.54, 1.807) is 0 Å². The maximum atomic E-state index is 12.6. The number of oxime groups is 1. The summed E-state index contributed by atoms with van der Waals surface area (Å²) in [5.74, 6) is -1.68. The summed E-state index contributed by atoms with van der Waals surface area (Å²) in [6.45, 7) is -0.362. The van der Waals surface area contributed by atoms with Gasteiger partial charge in [-0.05, 0) is 66.1 Å². The molecule has 0 saturated heterocycles. The van der Waals surface area contributed by atoms with Gasteiger partial charge in [0.25, 0.3) is 5.91 Å². The van der Waals surface area contributed by atoms with Crippen molar-refractivity contribution < 1.29 is 24.6 Å². The summed E-state index contributed by atoms with van der Waals surface area (Å²) in [4.78, 5) is 29.0. The minimum Gasteiger partial charge on any atom is -0.478 e. The molecule has 4 rings (SSSR count). The second kappa shape index (κ2) is 8.45. The molecule has 2 aromatic rings. The lowest BCUT2D eigenvalue weighted by Gasteiger charge is -2.23. The molecule has 7 nitrogen and oxygen atoms in total. The van der Waals surface area contributed by atoms with Crippen LogP contribution in [0.2, 0.25) is 5.02 Å². The van der Waals surface area contributed by atoms with Gasteiger partial charge >= 0.3 is 5.97 Å². The van der Waals surface area contributed by atoms with Gasteiger partial charge in [0.15, 0.2) is 5.71 Å². The third-order valence-corrected chi connectivity index (χ3v) is 5.71. The molecule has 156 valence electrons. The molecular formula is C22H21ClN2O5. The van der Waals surface area contributed by atoms with Crippen LogP contribution in [0.15, 0.2) is 35.5 Å². The molecule has 0 bridgehead atoms. The number of amides is 1. The zero-order valence-electron chi connectivity index (χ0n) is 16.2. The highest BCUT2D eigenvalue weighted by atomic mass is 35.5. The molecule has 0 radical (unpaired) electrons. The maximum Gasteiger partial charge on any atom is 0.347 e. The van der Waals surface area contributed by atoms with E-state index in [1.165, 1.54) is 5.56 Å². The molecule has 1 unspecified atom stereocenters. The largest absolute Gasteiger partial charge is 0.478 e. The van der Waals surface area contributed by atoms with Gasteiger partial charge in [0.1, 0.15) is 0 Å². The number of carboxylic acids is 1. The quantitative estimate of drug-likeness (QED) is 0.611. The summed E-state index contributed by atoms with van der Waals surface area (Å²) in [6, 6.07) is 9.45. The lowest BCUT2D eigenvalue weighted by Crippen LogP contribution is -2.24. The molecule has 0 fully saturated rings. The van der Waals surface area contributed by atoms with Crippen molar-refractivity contribution >= 4 is 34.9 Å². The van der Waals surface area contributed by atoms with Crippen LogP contribution in [0.1, 0.15) is 36.0 Å². The Hall–Kier alpha value is -2.90. The number of hydrogen-bond acceptors (Lipinski definition) is 5. The van der Waals surface area contributed by atoms with Crippen molar-refractivity contribution in [3.8, 4) is 11.1 Å². The first-order valence-corrected chi connectivity index (χ1v) is 10.2. The normalized spacial score (nSPS) is 17.3. The van der Waals surface area contributed by atoms with E-state index in [2.05, 4.69) is 10.5 Å². The third kappa shape index (κ3) is 3.78. The Kier molecular flexibility index (Phi) is 5.74. The number of nitrogens with zero attached hydrogens (tertiary/aromatic N) is 1. The average Bonchev–Trinajstić information content (AvgIpc) is 3.06. The van der Waals surface area contributed by atoms with Crippen LogP contribution < -0.4 is 5.32 Å². The molecule has 3 N–H and O–H groups in total. The van der Waals surface area contributed by atoms with Crippen molar-refractivity contribution in [2.45, 2.75) is 38.2 Å². The molecule has 0 aromatic heterocycles. The molecule has 30 heavy (non-hydrogen) atoms. The van der Waals surface area contributed by atoms with Gasteiger partial charge < -0.3 is 20.4 Å². The molecule has 0 spiro atoms. The van der Waals surface area contributed by atoms with Gasteiger partial charge in [-0.25, -0.2) is 4.79 Å². The fourth-order valence-corrected chi connectivity index (χ4v) is 4.13. The number of benzene rings is 2. The number of anilines is 1. The SMILES string of the molecule is O=C1Nc2c(cc(-c3ccc(Cl)cc3)c3c2CCCC3)/C1=N\OC(CCO)C(=O)O. The Labute approximate surface area is 178 Å². The Balaban J connectivity index is 1.80. The molecule has 1 amide bonds. The lowest BCUT2D eigenvalue weighted by molar-refractivity contribution is -0.151. The van der Waals surface area contributed by atoms with Crippen molar-refractivity contribution in [2.24, 2.45) is 5.16 Å². The standard InChI is InChI=1S/C22H21ClN2O5/c23-13-7-5-12(6-8-13)16-11-17-19(15-4-2-1-3-14(15)16)24-21(27)20(17)25-30-18(9-10-26)22(28)29/h5-8,11,18,26H,1-4,9-10H2,(H,28,29)(H,24,25,27). The van der Waals surface area contributed by atoms with Crippen molar-refractivity contribution in [2.75, 3.05) is 11.9 Å². The fraction of sp³-hybridized carbons (Fsp3) is 0.318. The van der Waals surface area contributed by atoms with Crippen LogP contribution >= 0.6 is 11.6 Å². The summed E-state index contributed by atoms with van der Waals surface area (Å²) in [7, 11) is 0. The molecular weight excluding hydrogens is 408 g/mol. The van der Waals surface area contributed by atoms with Crippen LogP contribution in [0, 0.1) is 0 Å². The van der Waals surface area contributed by atoms with Crippen molar-refractivity contribution in [3.05, 3.63) is 52.0 Å².